The van der Waals surface area contributed by atoms with Crippen LogP contribution in [0.5, 0.6) is 5.75 Å². The summed E-state index contributed by atoms with van der Waals surface area (Å²) in [7, 11) is 0. The quantitative estimate of drug-likeness (QED) is 0.400. The molecule has 1 unspecified atom stereocenters. The van der Waals surface area contributed by atoms with Crippen LogP contribution >= 0.6 is 0 Å². The van der Waals surface area contributed by atoms with Gasteiger partial charge in [-0.1, -0.05) is 67.8 Å². The Labute approximate surface area is 214 Å². The Morgan fingerprint density at radius 3 is 2.33 bits per heavy atom. The largest absolute Gasteiger partial charge is 0.493 e. The highest BCUT2D eigenvalue weighted by Crippen LogP contribution is 2.44. The summed E-state index contributed by atoms with van der Waals surface area (Å²) in [5, 5.41) is 12.2. The SMILES string of the molecule is O[C@](c1ccccc1)(c1ncc(C[N+]23CCC(CC2)C(COc2ccccc2)C3)o1)C1CCCCC1. The zero-order valence-corrected chi connectivity index (χ0v) is 21.2. The lowest BCUT2D eigenvalue weighted by molar-refractivity contribution is -0.960. The van der Waals surface area contributed by atoms with E-state index in [-0.39, 0.29) is 5.92 Å². The maximum Gasteiger partial charge on any atom is 0.231 e. The summed E-state index contributed by atoms with van der Waals surface area (Å²) in [6.07, 6.45) is 9.95. The van der Waals surface area contributed by atoms with Gasteiger partial charge in [0.15, 0.2) is 11.4 Å². The van der Waals surface area contributed by atoms with Gasteiger partial charge in [-0.05, 0) is 36.5 Å². The lowest BCUT2D eigenvalue weighted by Gasteiger charge is -2.52. The molecule has 0 radical (unpaired) electrons. The van der Waals surface area contributed by atoms with Crippen LogP contribution in [-0.2, 0) is 12.1 Å². The van der Waals surface area contributed by atoms with Crippen LogP contribution in [0.3, 0.4) is 0 Å². The summed E-state index contributed by atoms with van der Waals surface area (Å²) < 4.78 is 13.7. The summed E-state index contributed by atoms with van der Waals surface area (Å²) in [5.74, 6) is 3.80. The molecule has 4 aliphatic rings. The maximum atomic E-state index is 12.2. The number of nitrogens with zero attached hydrogens (tertiary/aromatic N) is 2. The number of oxazole rings is 1. The zero-order valence-electron chi connectivity index (χ0n) is 21.2. The van der Waals surface area contributed by atoms with Gasteiger partial charge in [0.1, 0.15) is 12.3 Å². The van der Waals surface area contributed by atoms with Crippen molar-refractivity contribution in [1.82, 2.24) is 4.98 Å². The fraction of sp³-hybridized carbons (Fsp3) is 0.516. The van der Waals surface area contributed by atoms with Crippen molar-refractivity contribution < 1.29 is 18.7 Å². The monoisotopic (exact) mass is 487 g/mol. The molecule has 0 amide bonds. The average Bonchev–Trinajstić information content (AvgIpc) is 3.42. The van der Waals surface area contributed by atoms with Crippen molar-refractivity contribution in [3.63, 3.8) is 0 Å². The van der Waals surface area contributed by atoms with Gasteiger partial charge in [0.05, 0.1) is 32.4 Å². The van der Waals surface area contributed by atoms with Crippen molar-refractivity contribution in [2.24, 2.45) is 17.8 Å². The normalized spacial score (nSPS) is 28.0. The Bertz CT molecular complexity index is 1120. The summed E-state index contributed by atoms with van der Waals surface area (Å²) in [4.78, 5) is 4.73. The summed E-state index contributed by atoms with van der Waals surface area (Å²) in [6, 6.07) is 20.2. The molecule has 3 aliphatic heterocycles. The third-order valence-electron chi connectivity index (χ3n) is 9.22. The molecule has 36 heavy (non-hydrogen) atoms. The fourth-order valence-corrected chi connectivity index (χ4v) is 7.20. The number of benzene rings is 2. The Balaban J connectivity index is 1.20. The van der Waals surface area contributed by atoms with E-state index in [0.717, 1.165) is 72.9 Å². The van der Waals surface area contributed by atoms with Crippen LogP contribution in [0.1, 0.15) is 62.2 Å². The standard InChI is InChI=1S/C31H39N2O3/c34-31(26-10-4-1-5-11-26,27-12-6-2-7-13-27)30-32-20-29(36-30)22-33-18-16-24(17-19-33)25(21-33)23-35-28-14-8-3-9-15-28/h1,3-5,8-11,14-15,20,24-25,27,34H,2,6-7,12-13,16-19,21-23H2/q+1/t24?,25?,31-,33?/m0/s1. The van der Waals surface area contributed by atoms with Crippen LogP contribution in [0, 0.1) is 17.8 Å². The summed E-state index contributed by atoms with van der Waals surface area (Å²) in [6.45, 7) is 5.13. The molecule has 1 aromatic heterocycles. The average molecular weight is 488 g/mol. The van der Waals surface area contributed by atoms with Crippen molar-refractivity contribution in [3.05, 3.63) is 84.1 Å². The molecule has 2 bridgehead atoms. The predicted octanol–water partition coefficient (Wildman–Crippen LogP) is 5.93. The second-order valence-corrected chi connectivity index (χ2v) is 11.5. The zero-order chi connectivity index (χ0) is 24.4. The number of hydrogen-bond acceptors (Lipinski definition) is 4. The third-order valence-corrected chi connectivity index (χ3v) is 9.22. The first-order valence-electron chi connectivity index (χ1n) is 13.9. The number of fused-ring (bicyclic) bond motifs is 3. The molecule has 0 spiro atoms. The van der Waals surface area contributed by atoms with Crippen LogP contribution in [0.15, 0.2) is 71.3 Å². The highest BCUT2D eigenvalue weighted by atomic mass is 16.5. The molecule has 1 aliphatic carbocycles. The highest BCUT2D eigenvalue weighted by molar-refractivity contribution is 5.30. The van der Waals surface area contributed by atoms with E-state index in [1.807, 2.05) is 66.9 Å². The molecular weight excluding hydrogens is 448 g/mol. The van der Waals surface area contributed by atoms with Crippen molar-refractivity contribution >= 4 is 0 Å². The fourth-order valence-electron chi connectivity index (χ4n) is 7.20. The first kappa shape index (κ1) is 23.7. The molecule has 7 rings (SSSR count). The Morgan fingerprint density at radius 1 is 0.917 bits per heavy atom. The molecule has 5 heteroatoms. The highest BCUT2D eigenvalue weighted by Gasteiger charge is 2.48. The minimum absolute atomic E-state index is 0.137. The van der Waals surface area contributed by atoms with Gasteiger partial charge in [0, 0.05) is 24.7 Å². The van der Waals surface area contributed by atoms with Crippen molar-refractivity contribution in [2.45, 2.75) is 57.1 Å². The van der Waals surface area contributed by atoms with Gasteiger partial charge in [-0.15, -0.1) is 0 Å². The number of rotatable bonds is 8. The molecular formula is C31H39N2O3+. The molecule has 4 fully saturated rings. The van der Waals surface area contributed by atoms with Gasteiger partial charge in [-0.2, -0.15) is 0 Å². The number of ether oxygens (including phenoxy) is 1. The first-order chi connectivity index (χ1) is 17.6. The maximum absolute atomic E-state index is 12.2. The van der Waals surface area contributed by atoms with Crippen LogP contribution in [-0.4, -0.2) is 40.8 Å². The number of piperidine rings is 3. The number of aromatic nitrogens is 1. The van der Waals surface area contributed by atoms with Gasteiger partial charge in [0.2, 0.25) is 5.89 Å². The minimum Gasteiger partial charge on any atom is -0.493 e. The second kappa shape index (κ2) is 10.0. The molecule has 5 nitrogen and oxygen atoms in total. The minimum atomic E-state index is -1.17. The van der Waals surface area contributed by atoms with E-state index in [2.05, 4.69) is 0 Å². The second-order valence-electron chi connectivity index (χ2n) is 11.5. The lowest BCUT2D eigenvalue weighted by atomic mass is 9.73. The van der Waals surface area contributed by atoms with E-state index in [1.54, 1.807) is 0 Å². The van der Waals surface area contributed by atoms with Gasteiger partial charge < -0.3 is 18.7 Å². The molecule has 2 atom stereocenters. The molecule has 3 aromatic rings. The third kappa shape index (κ3) is 4.59. The van der Waals surface area contributed by atoms with E-state index < -0.39 is 5.60 Å². The molecule has 190 valence electrons. The Kier molecular flexibility index (Phi) is 6.61. The molecule has 1 saturated carbocycles. The lowest BCUT2D eigenvalue weighted by Crippen LogP contribution is -2.62. The summed E-state index contributed by atoms with van der Waals surface area (Å²) >= 11 is 0. The van der Waals surface area contributed by atoms with E-state index in [1.165, 1.54) is 32.4 Å². The first-order valence-corrected chi connectivity index (χ1v) is 13.9. The Hall–Kier alpha value is -2.63. The molecule has 4 heterocycles. The van der Waals surface area contributed by atoms with Crippen LogP contribution < -0.4 is 4.74 Å². The van der Waals surface area contributed by atoms with Crippen molar-refractivity contribution in [2.75, 3.05) is 26.2 Å². The van der Waals surface area contributed by atoms with E-state index in [0.29, 0.717) is 11.8 Å². The molecule has 2 aromatic carbocycles. The molecule has 1 N–H and O–H groups in total. The number of quaternary nitrogens is 1. The van der Waals surface area contributed by atoms with Gasteiger partial charge >= 0.3 is 0 Å². The molecule has 3 saturated heterocycles. The van der Waals surface area contributed by atoms with E-state index in [4.69, 9.17) is 14.1 Å². The van der Waals surface area contributed by atoms with Crippen LogP contribution in [0.2, 0.25) is 0 Å². The summed E-state index contributed by atoms with van der Waals surface area (Å²) in [5.41, 5.74) is -0.268. The van der Waals surface area contributed by atoms with Gasteiger partial charge in [-0.3, -0.25) is 0 Å². The topological polar surface area (TPSA) is 55.5 Å². The van der Waals surface area contributed by atoms with E-state index in [9.17, 15) is 5.11 Å². The van der Waals surface area contributed by atoms with Crippen molar-refractivity contribution in [1.29, 1.82) is 0 Å². The Morgan fingerprint density at radius 2 is 1.61 bits per heavy atom. The van der Waals surface area contributed by atoms with Crippen LogP contribution in [0.4, 0.5) is 0 Å². The predicted molar refractivity (Wildman–Crippen MR) is 139 cm³/mol. The number of para-hydroxylation sites is 1. The van der Waals surface area contributed by atoms with Gasteiger partial charge in [-0.25, -0.2) is 4.98 Å². The van der Waals surface area contributed by atoms with E-state index >= 15 is 0 Å². The van der Waals surface area contributed by atoms with Crippen LogP contribution in [0.25, 0.3) is 0 Å². The van der Waals surface area contributed by atoms with Crippen molar-refractivity contribution in [3.8, 4) is 5.75 Å². The van der Waals surface area contributed by atoms with Gasteiger partial charge in [0.25, 0.3) is 0 Å². The number of hydrogen-bond donors (Lipinski definition) is 1. The smallest absolute Gasteiger partial charge is 0.231 e. The number of aliphatic hydroxyl groups is 1.